The van der Waals surface area contributed by atoms with E-state index >= 15 is 0 Å². The van der Waals surface area contributed by atoms with Gasteiger partial charge in [0.25, 0.3) is 0 Å². The molecule has 1 saturated heterocycles. The number of ketones is 1. The van der Waals surface area contributed by atoms with E-state index in [1.165, 1.54) is 4.31 Å². The largest absolute Gasteiger partial charge is 0.379 e. The molecular weight excluding hydrogens is 412 g/mol. The number of nitrogens with zero attached hydrogens (tertiary/aromatic N) is 1. The van der Waals surface area contributed by atoms with Crippen molar-refractivity contribution in [2.75, 3.05) is 31.6 Å². The molecule has 0 spiro atoms. The smallest absolute Gasteiger partial charge is 0.243 e. The van der Waals surface area contributed by atoms with Crippen LogP contribution in [0.4, 0.5) is 5.69 Å². The topological polar surface area (TPSA) is 75.7 Å². The van der Waals surface area contributed by atoms with E-state index in [1.54, 1.807) is 19.1 Å². The highest BCUT2D eigenvalue weighted by molar-refractivity contribution is 7.89. The second-order valence-corrected chi connectivity index (χ2v) is 10.4. The van der Waals surface area contributed by atoms with Crippen molar-refractivity contribution < 1.29 is 17.9 Å². The fourth-order valence-corrected chi connectivity index (χ4v) is 6.33. The third-order valence-corrected chi connectivity index (χ3v) is 8.53. The minimum atomic E-state index is -3.50. The Morgan fingerprint density at radius 2 is 1.84 bits per heavy atom. The van der Waals surface area contributed by atoms with Gasteiger partial charge in [-0.25, -0.2) is 8.42 Å². The van der Waals surface area contributed by atoms with E-state index in [1.807, 2.05) is 30.3 Å². The molecule has 0 bridgehead atoms. The lowest BCUT2D eigenvalue weighted by molar-refractivity contribution is 0.0730. The van der Waals surface area contributed by atoms with Gasteiger partial charge in [-0.15, -0.1) is 0 Å². The van der Waals surface area contributed by atoms with Crippen LogP contribution in [0.15, 0.2) is 59.5 Å². The molecule has 7 heteroatoms. The van der Waals surface area contributed by atoms with E-state index in [4.69, 9.17) is 4.74 Å². The summed E-state index contributed by atoms with van der Waals surface area (Å²) in [5, 5.41) is 3.64. The third kappa shape index (κ3) is 3.60. The molecule has 5 rings (SSSR count). The lowest BCUT2D eigenvalue weighted by Crippen LogP contribution is -2.40. The standard InChI is InChI=1S/C24H26N2O4S/c1-16(27)18-7-10-23-22(15-18)20-3-2-4-21(20)24(25-23)17-5-8-19(9-6-17)31(28,29)26-11-13-30-14-12-26/h2-3,5-10,15,20-21,24-25H,4,11-14H2,1H3/t20-,21-,24+/m1/s1. The fraction of sp³-hybridized carbons (Fsp3) is 0.375. The maximum absolute atomic E-state index is 12.9. The van der Waals surface area contributed by atoms with Crippen LogP contribution in [0.3, 0.4) is 0 Å². The summed E-state index contributed by atoms with van der Waals surface area (Å²) in [6.45, 7) is 3.25. The second-order valence-electron chi connectivity index (χ2n) is 8.42. The average molecular weight is 439 g/mol. The summed E-state index contributed by atoms with van der Waals surface area (Å²) >= 11 is 0. The number of sulfonamides is 1. The molecule has 2 aliphatic heterocycles. The highest BCUT2D eigenvalue weighted by atomic mass is 32.2. The van der Waals surface area contributed by atoms with E-state index in [0.29, 0.717) is 37.1 Å². The molecule has 162 valence electrons. The van der Waals surface area contributed by atoms with Gasteiger partial charge in [-0.1, -0.05) is 24.3 Å². The number of hydrogen-bond donors (Lipinski definition) is 1. The Kier molecular flexibility index (Phi) is 5.20. The first-order valence-corrected chi connectivity index (χ1v) is 12.1. The number of anilines is 1. The highest BCUT2D eigenvalue weighted by Gasteiger charge is 2.38. The fourth-order valence-electron chi connectivity index (χ4n) is 4.93. The van der Waals surface area contributed by atoms with Crippen molar-refractivity contribution in [2.45, 2.75) is 30.2 Å². The summed E-state index contributed by atoms with van der Waals surface area (Å²) in [5.41, 5.74) is 4.00. The van der Waals surface area contributed by atoms with Crippen LogP contribution in [0.25, 0.3) is 0 Å². The highest BCUT2D eigenvalue weighted by Crippen LogP contribution is 2.50. The molecule has 1 fully saturated rings. The van der Waals surface area contributed by atoms with E-state index in [9.17, 15) is 13.2 Å². The first kappa shape index (κ1) is 20.4. The number of rotatable bonds is 4. The van der Waals surface area contributed by atoms with Gasteiger partial charge < -0.3 is 10.1 Å². The predicted molar refractivity (Wildman–Crippen MR) is 119 cm³/mol. The molecule has 2 heterocycles. The van der Waals surface area contributed by atoms with Gasteiger partial charge in [-0.2, -0.15) is 4.31 Å². The van der Waals surface area contributed by atoms with Gasteiger partial charge in [-0.05, 0) is 60.7 Å². The molecule has 31 heavy (non-hydrogen) atoms. The number of Topliss-reactive ketones (excluding diaryl/α,β-unsaturated/α-hetero) is 1. The molecular formula is C24H26N2O4S. The van der Waals surface area contributed by atoms with Gasteiger partial charge in [0, 0.05) is 30.3 Å². The van der Waals surface area contributed by atoms with Crippen molar-refractivity contribution in [1.29, 1.82) is 0 Å². The summed E-state index contributed by atoms with van der Waals surface area (Å²) in [7, 11) is -3.50. The van der Waals surface area contributed by atoms with Gasteiger partial charge in [0.2, 0.25) is 10.0 Å². The van der Waals surface area contributed by atoms with Gasteiger partial charge in [0.15, 0.2) is 5.78 Å². The number of allylic oxidation sites excluding steroid dienone is 2. The van der Waals surface area contributed by atoms with Crippen LogP contribution < -0.4 is 5.32 Å². The molecule has 1 N–H and O–H groups in total. The average Bonchev–Trinajstić information content (AvgIpc) is 3.29. The Labute approximate surface area is 183 Å². The number of hydrogen-bond acceptors (Lipinski definition) is 5. The Morgan fingerprint density at radius 3 is 2.55 bits per heavy atom. The number of fused-ring (bicyclic) bond motifs is 3. The van der Waals surface area contributed by atoms with E-state index < -0.39 is 10.0 Å². The zero-order valence-electron chi connectivity index (χ0n) is 17.5. The quantitative estimate of drug-likeness (QED) is 0.581. The lowest BCUT2D eigenvalue weighted by Gasteiger charge is -2.37. The summed E-state index contributed by atoms with van der Waals surface area (Å²) < 4.78 is 32.6. The van der Waals surface area contributed by atoms with Crippen LogP contribution >= 0.6 is 0 Å². The van der Waals surface area contributed by atoms with Crippen molar-refractivity contribution in [1.82, 2.24) is 4.31 Å². The zero-order valence-corrected chi connectivity index (χ0v) is 18.3. The van der Waals surface area contributed by atoms with Crippen molar-refractivity contribution in [3.8, 4) is 0 Å². The van der Waals surface area contributed by atoms with Gasteiger partial charge >= 0.3 is 0 Å². The molecule has 0 radical (unpaired) electrons. The molecule has 2 aromatic carbocycles. The maximum Gasteiger partial charge on any atom is 0.243 e. The molecule has 6 nitrogen and oxygen atoms in total. The number of nitrogens with one attached hydrogen (secondary N) is 1. The summed E-state index contributed by atoms with van der Waals surface area (Å²) in [4.78, 5) is 12.2. The Balaban J connectivity index is 1.44. The Hall–Kier alpha value is -2.48. The number of carbonyl (C=O) groups excluding carboxylic acids is 1. The third-order valence-electron chi connectivity index (χ3n) is 6.62. The van der Waals surface area contributed by atoms with Crippen LogP contribution in [0.5, 0.6) is 0 Å². The normalized spacial score (nSPS) is 25.5. The zero-order chi connectivity index (χ0) is 21.6. The number of morpholine rings is 1. The van der Waals surface area contributed by atoms with Crippen molar-refractivity contribution >= 4 is 21.5 Å². The predicted octanol–water partition coefficient (Wildman–Crippen LogP) is 3.74. The van der Waals surface area contributed by atoms with E-state index in [0.717, 1.165) is 28.8 Å². The molecule has 0 unspecified atom stereocenters. The van der Waals surface area contributed by atoms with Gasteiger partial charge in [0.1, 0.15) is 0 Å². The first-order chi connectivity index (χ1) is 14.9. The molecule has 0 amide bonds. The molecule has 0 aromatic heterocycles. The van der Waals surface area contributed by atoms with E-state index in [2.05, 4.69) is 17.5 Å². The van der Waals surface area contributed by atoms with Crippen LogP contribution in [0.1, 0.15) is 46.8 Å². The van der Waals surface area contributed by atoms with Crippen molar-refractivity contribution in [3.63, 3.8) is 0 Å². The number of carbonyl (C=O) groups is 1. The Bertz CT molecular complexity index is 1130. The van der Waals surface area contributed by atoms with Crippen LogP contribution in [-0.2, 0) is 14.8 Å². The van der Waals surface area contributed by atoms with Crippen LogP contribution in [-0.4, -0.2) is 44.8 Å². The summed E-state index contributed by atoms with van der Waals surface area (Å²) in [6, 6.07) is 13.2. The van der Waals surface area contributed by atoms with Gasteiger partial charge in [0.05, 0.1) is 24.2 Å². The summed E-state index contributed by atoms with van der Waals surface area (Å²) in [6.07, 6.45) is 5.38. The Morgan fingerprint density at radius 1 is 1.10 bits per heavy atom. The van der Waals surface area contributed by atoms with Crippen molar-refractivity contribution in [3.05, 3.63) is 71.3 Å². The SMILES string of the molecule is CC(=O)c1ccc2c(c1)[C@@H]1C=CC[C@H]1[C@H](c1ccc(S(=O)(=O)N3CCOCC3)cc1)N2. The second kappa shape index (κ2) is 7.89. The number of benzene rings is 2. The summed E-state index contributed by atoms with van der Waals surface area (Å²) in [5.74, 6) is 0.647. The molecule has 2 aromatic rings. The number of ether oxygens (including phenoxy) is 1. The minimum Gasteiger partial charge on any atom is -0.379 e. The first-order valence-electron chi connectivity index (χ1n) is 10.7. The molecule has 1 aliphatic carbocycles. The molecule has 3 aliphatic rings. The van der Waals surface area contributed by atoms with Crippen LogP contribution in [0.2, 0.25) is 0 Å². The molecule has 0 saturated carbocycles. The monoisotopic (exact) mass is 438 g/mol. The van der Waals surface area contributed by atoms with E-state index in [-0.39, 0.29) is 17.7 Å². The minimum absolute atomic E-state index is 0.0699. The van der Waals surface area contributed by atoms with Crippen LogP contribution in [0, 0.1) is 5.92 Å². The van der Waals surface area contributed by atoms with Gasteiger partial charge in [-0.3, -0.25) is 4.79 Å². The molecule has 3 atom stereocenters. The maximum atomic E-state index is 12.9. The lowest BCUT2D eigenvalue weighted by atomic mass is 9.76. The van der Waals surface area contributed by atoms with Crippen molar-refractivity contribution in [2.24, 2.45) is 5.92 Å².